The van der Waals surface area contributed by atoms with Gasteiger partial charge in [-0.2, -0.15) is 0 Å². The number of carboxylic acid groups (broad SMARTS) is 1. The monoisotopic (exact) mass is 285 g/mol. The lowest BCUT2D eigenvalue weighted by atomic mass is 10.2. The van der Waals surface area contributed by atoms with Crippen molar-refractivity contribution in [3.8, 4) is 5.75 Å². The molecule has 0 aliphatic carbocycles. The van der Waals surface area contributed by atoms with Crippen molar-refractivity contribution in [1.29, 1.82) is 0 Å². The standard InChI is InChI=1S/C13H16ClNO4/c1-3-6-15-12(16)8(2)19-9-4-5-11(14)10(7-9)13(17)18/h4-5,7-8H,3,6H2,1-2H3,(H,15,16)(H,17,18). The Balaban J connectivity index is 2.74. The van der Waals surface area contributed by atoms with Gasteiger partial charge in [-0.3, -0.25) is 4.79 Å². The van der Waals surface area contributed by atoms with Crippen molar-refractivity contribution in [3.63, 3.8) is 0 Å². The molecule has 0 saturated heterocycles. The predicted molar refractivity (Wildman–Crippen MR) is 71.8 cm³/mol. The maximum Gasteiger partial charge on any atom is 0.337 e. The molecule has 104 valence electrons. The van der Waals surface area contributed by atoms with E-state index < -0.39 is 12.1 Å². The first-order chi connectivity index (χ1) is 8.95. The third-order valence-electron chi connectivity index (χ3n) is 2.40. The zero-order valence-electron chi connectivity index (χ0n) is 10.8. The van der Waals surface area contributed by atoms with E-state index >= 15 is 0 Å². The largest absolute Gasteiger partial charge is 0.481 e. The van der Waals surface area contributed by atoms with Gasteiger partial charge in [0.25, 0.3) is 5.91 Å². The molecule has 1 aromatic carbocycles. The van der Waals surface area contributed by atoms with Crippen LogP contribution in [0.4, 0.5) is 0 Å². The number of benzene rings is 1. The van der Waals surface area contributed by atoms with E-state index in [0.29, 0.717) is 12.3 Å². The van der Waals surface area contributed by atoms with Gasteiger partial charge < -0.3 is 15.2 Å². The molecule has 0 aliphatic rings. The molecule has 0 bridgehead atoms. The summed E-state index contributed by atoms with van der Waals surface area (Å²) in [5.41, 5.74) is -0.0552. The summed E-state index contributed by atoms with van der Waals surface area (Å²) in [7, 11) is 0. The average molecular weight is 286 g/mol. The summed E-state index contributed by atoms with van der Waals surface area (Å²) < 4.78 is 5.38. The van der Waals surface area contributed by atoms with E-state index in [2.05, 4.69) is 5.32 Å². The summed E-state index contributed by atoms with van der Waals surface area (Å²) in [5.74, 6) is -1.09. The Labute approximate surface area is 116 Å². The highest BCUT2D eigenvalue weighted by Crippen LogP contribution is 2.22. The quantitative estimate of drug-likeness (QED) is 0.841. The van der Waals surface area contributed by atoms with Crippen molar-refractivity contribution < 1.29 is 19.4 Å². The van der Waals surface area contributed by atoms with E-state index in [1.165, 1.54) is 18.2 Å². The van der Waals surface area contributed by atoms with Crippen LogP contribution >= 0.6 is 11.6 Å². The molecule has 6 heteroatoms. The van der Waals surface area contributed by atoms with E-state index in [9.17, 15) is 9.59 Å². The van der Waals surface area contributed by atoms with Gasteiger partial charge in [0, 0.05) is 6.54 Å². The van der Waals surface area contributed by atoms with Crippen molar-refractivity contribution in [2.45, 2.75) is 26.4 Å². The minimum absolute atomic E-state index is 0.0552. The Morgan fingerprint density at radius 3 is 2.74 bits per heavy atom. The molecule has 0 fully saturated rings. The molecule has 0 aromatic heterocycles. The fourth-order valence-electron chi connectivity index (χ4n) is 1.39. The number of carbonyl (C=O) groups excluding carboxylic acids is 1. The van der Waals surface area contributed by atoms with Crippen molar-refractivity contribution in [2.24, 2.45) is 0 Å². The van der Waals surface area contributed by atoms with Crippen LogP contribution in [0, 0.1) is 0 Å². The minimum atomic E-state index is -1.14. The second-order valence-corrected chi connectivity index (χ2v) is 4.41. The van der Waals surface area contributed by atoms with Crippen LogP contribution in [-0.4, -0.2) is 29.6 Å². The summed E-state index contributed by atoms with van der Waals surface area (Å²) in [6.45, 7) is 4.12. The lowest BCUT2D eigenvalue weighted by Crippen LogP contribution is -2.36. The molecular weight excluding hydrogens is 270 g/mol. The summed E-state index contributed by atoms with van der Waals surface area (Å²) in [5, 5.41) is 11.8. The molecule has 0 spiro atoms. The molecule has 1 unspecified atom stereocenters. The van der Waals surface area contributed by atoms with Crippen LogP contribution in [0.2, 0.25) is 5.02 Å². The molecule has 19 heavy (non-hydrogen) atoms. The van der Waals surface area contributed by atoms with Gasteiger partial charge in [-0.05, 0) is 31.5 Å². The summed E-state index contributed by atoms with van der Waals surface area (Å²) in [6.07, 6.45) is 0.136. The molecule has 1 amide bonds. The first kappa shape index (κ1) is 15.3. The van der Waals surface area contributed by atoms with Crippen molar-refractivity contribution >= 4 is 23.5 Å². The number of halogens is 1. The first-order valence-electron chi connectivity index (χ1n) is 5.93. The van der Waals surface area contributed by atoms with Crippen LogP contribution in [0.25, 0.3) is 0 Å². The van der Waals surface area contributed by atoms with Crippen LogP contribution in [0.15, 0.2) is 18.2 Å². The minimum Gasteiger partial charge on any atom is -0.481 e. The van der Waals surface area contributed by atoms with Crippen LogP contribution in [-0.2, 0) is 4.79 Å². The second kappa shape index (κ2) is 6.99. The van der Waals surface area contributed by atoms with Gasteiger partial charge in [0.15, 0.2) is 6.10 Å². The Bertz CT molecular complexity index is 476. The van der Waals surface area contributed by atoms with Crippen LogP contribution < -0.4 is 10.1 Å². The Morgan fingerprint density at radius 1 is 1.47 bits per heavy atom. The first-order valence-corrected chi connectivity index (χ1v) is 6.30. The number of carboxylic acids is 1. The Morgan fingerprint density at radius 2 is 2.16 bits per heavy atom. The molecule has 0 saturated carbocycles. The summed E-state index contributed by atoms with van der Waals surface area (Å²) in [4.78, 5) is 22.5. The van der Waals surface area contributed by atoms with E-state index in [4.69, 9.17) is 21.4 Å². The zero-order valence-corrected chi connectivity index (χ0v) is 11.5. The fraction of sp³-hybridized carbons (Fsp3) is 0.385. The molecule has 2 N–H and O–H groups in total. The third-order valence-corrected chi connectivity index (χ3v) is 2.73. The number of amides is 1. The fourth-order valence-corrected chi connectivity index (χ4v) is 1.59. The molecule has 1 aromatic rings. The molecule has 1 rings (SSSR count). The lowest BCUT2D eigenvalue weighted by Gasteiger charge is -2.15. The molecule has 5 nitrogen and oxygen atoms in total. The van der Waals surface area contributed by atoms with E-state index in [0.717, 1.165) is 6.42 Å². The number of ether oxygens (including phenoxy) is 1. The number of carbonyl (C=O) groups is 2. The summed E-state index contributed by atoms with van der Waals surface area (Å²) >= 11 is 5.74. The van der Waals surface area contributed by atoms with Crippen molar-refractivity contribution in [1.82, 2.24) is 5.32 Å². The highest BCUT2D eigenvalue weighted by molar-refractivity contribution is 6.33. The molecule has 1 atom stereocenters. The maximum absolute atomic E-state index is 11.6. The smallest absolute Gasteiger partial charge is 0.337 e. The SMILES string of the molecule is CCCNC(=O)C(C)Oc1ccc(Cl)c(C(=O)O)c1. The predicted octanol–water partition coefficient (Wildman–Crippen LogP) is 2.33. The molecular formula is C13H16ClNO4. The van der Waals surface area contributed by atoms with Crippen LogP contribution in [0.3, 0.4) is 0 Å². The lowest BCUT2D eigenvalue weighted by molar-refractivity contribution is -0.127. The zero-order chi connectivity index (χ0) is 14.4. The number of hydrogen-bond donors (Lipinski definition) is 2. The van der Waals surface area contributed by atoms with Gasteiger partial charge in [-0.15, -0.1) is 0 Å². The maximum atomic E-state index is 11.6. The second-order valence-electron chi connectivity index (χ2n) is 4.00. The molecule has 0 heterocycles. The van der Waals surface area contributed by atoms with Gasteiger partial charge in [0.05, 0.1) is 10.6 Å². The normalized spacial score (nSPS) is 11.7. The number of rotatable bonds is 6. The van der Waals surface area contributed by atoms with Gasteiger partial charge in [-0.25, -0.2) is 4.79 Å². The van der Waals surface area contributed by atoms with Gasteiger partial charge in [-0.1, -0.05) is 18.5 Å². The number of hydrogen-bond acceptors (Lipinski definition) is 3. The van der Waals surface area contributed by atoms with Crippen LogP contribution in [0.5, 0.6) is 5.75 Å². The molecule has 0 radical (unpaired) electrons. The van der Waals surface area contributed by atoms with Crippen LogP contribution in [0.1, 0.15) is 30.6 Å². The van der Waals surface area contributed by atoms with E-state index in [-0.39, 0.29) is 16.5 Å². The Hall–Kier alpha value is -1.75. The number of aromatic carboxylic acids is 1. The highest BCUT2D eigenvalue weighted by Gasteiger charge is 2.16. The van der Waals surface area contributed by atoms with Gasteiger partial charge in [0.1, 0.15) is 5.75 Å². The number of nitrogens with one attached hydrogen (secondary N) is 1. The third kappa shape index (κ3) is 4.44. The van der Waals surface area contributed by atoms with E-state index in [1.807, 2.05) is 6.92 Å². The Kier molecular flexibility index (Phi) is 5.63. The van der Waals surface area contributed by atoms with Crippen molar-refractivity contribution in [3.05, 3.63) is 28.8 Å². The van der Waals surface area contributed by atoms with E-state index in [1.54, 1.807) is 6.92 Å². The summed E-state index contributed by atoms with van der Waals surface area (Å²) in [6, 6.07) is 4.25. The van der Waals surface area contributed by atoms with Gasteiger partial charge >= 0.3 is 5.97 Å². The molecule has 0 aliphatic heterocycles. The topological polar surface area (TPSA) is 75.6 Å². The van der Waals surface area contributed by atoms with Gasteiger partial charge in [0.2, 0.25) is 0 Å². The average Bonchev–Trinajstić information content (AvgIpc) is 2.37. The van der Waals surface area contributed by atoms with Crippen molar-refractivity contribution in [2.75, 3.05) is 6.54 Å². The highest BCUT2D eigenvalue weighted by atomic mass is 35.5.